The van der Waals surface area contributed by atoms with Gasteiger partial charge in [0, 0.05) is 12.5 Å². The molecule has 0 aromatic heterocycles. The lowest BCUT2D eigenvalue weighted by molar-refractivity contribution is -0.206. The summed E-state index contributed by atoms with van der Waals surface area (Å²) >= 11 is 0. The van der Waals surface area contributed by atoms with E-state index < -0.39 is 22.7 Å². The van der Waals surface area contributed by atoms with Gasteiger partial charge < -0.3 is 20.3 Å². The minimum absolute atomic E-state index is 0.135. The number of hydrogen-bond acceptors (Lipinski definition) is 4. The van der Waals surface area contributed by atoms with E-state index in [1.165, 1.54) is 0 Å². The molecule has 0 heterocycles. The van der Waals surface area contributed by atoms with E-state index in [1.54, 1.807) is 31.4 Å². The molecule has 1 atom stereocenters. The number of phenolic OH excluding ortho intramolecular Hbond substituents is 1. The number of benzene rings is 1. The van der Waals surface area contributed by atoms with Crippen LogP contribution in [-0.4, -0.2) is 23.9 Å². The van der Waals surface area contributed by atoms with Crippen LogP contribution in [0.1, 0.15) is 40.2 Å². The summed E-state index contributed by atoms with van der Waals surface area (Å²) in [5, 5.41) is 9.50. The summed E-state index contributed by atoms with van der Waals surface area (Å²) in [6.07, 6.45) is -0.872. The number of hydrogen-bond donors (Lipinski definition) is 2. The minimum Gasteiger partial charge on any atom is -0.508 e. The maximum absolute atomic E-state index is 11.6. The van der Waals surface area contributed by atoms with Gasteiger partial charge in [0.2, 0.25) is 0 Å². The molecule has 1 amide bonds. The van der Waals surface area contributed by atoms with Crippen LogP contribution in [-0.2, 0) is 15.1 Å². The minimum atomic E-state index is -1.12. The zero-order chi connectivity index (χ0) is 16.5. The van der Waals surface area contributed by atoms with Crippen LogP contribution in [0.4, 0.5) is 4.79 Å². The highest BCUT2D eigenvalue weighted by Gasteiger charge is 2.58. The van der Waals surface area contributed by atoms with E-state index in [-0.39, 0.29) is 5.75 Å². The highest BCUT2D eigenvalue weighted by atomic mass is 16.6. The topological polar surface area (TPSA) is 81.8 Å². The second kappa shape index (κ2) is 5.56. The van der Waals surface area contributed by atoms with Gasteiger partial charge in [0.1, 0.15) is 11.4 Å². The SMILES string of the molecule is COC(C)(C)[C@](OC(N)=O)(c1ccc(O)cc1)C(C)(C)C. The summed E-state index contributed by atoms with van der Waals surface area (Å²) in [7, 11) is 1.56. The first-order chi connectivity index (χ1) is 9.48. The Hall–Kier alpha value is -1.75. The molecule has 0 aliphatic carbocycles. The van der Waals surface area contributed by atoms with Gasteiger partial charge in [0.25, 0.3) is 0 Å². The van der Waals surface area contributed by atoms with Gasteiger partial charge in [-0.1, -0.05) is 32.9 Å². The summed E-state index contributed by atoms with van der Waals surface area (Å²) in [4.78, 5) is 11.6. The molecule has 0 saturated carbocycles. The molecule has 118 valence electrons. The maximum Gasteiger partial charge on any atom is 0.405 e. The second-order valence-electron chi connectivity index (χ2n) is 6.61. The Bertz CT molecular complexity index is 502. The Morgan fingerprint density at radius 3 is 1.90 bits per heavy atom. The van der Waals surface area contributed by atoms with E-state index in [0.717, 1.165) is 0 Å². The van der Waals surface area contributed by atoms with Gasteiger partial charge in [-0.3, -0.25) is 0 Å². The maximum atomic E-state index is 11.6. The molecule has 5 nitrogen and oxygen atoms in total. The van der Waals surface area contributed by atoms with Crippen LogP contribution >= 0.6 is 0 Å². The largest absolute Gasteiger partial charge is 0.508 e. The van der Waals surface area contributed by atoms with Crippen LogP contribution in [0.2, 0.25) is 0 Å². The van der Waals surface area contributed by atoms with Crippen molar-refractivity contribution >= 4 is 6.09 Å². The number of amides is 1. The monoisotopic (exact) mass is 295 g/mol. The molecule has 3 N–H and O–H groups in total. The van der Waals surface area contributed by atoms with Crippen molar-refractivity contribution in [2.75, 3.05) is 7.11 Å². The molecule has 0 saturated heterocycles. The third-order valence-corrected chi connectivity index (χ3v) is 3.94. The van der Waals surface area contributed by atoms with Gasteiger partial charge in [-0.05, 0) is 31.5 Å². The predicted molar refractivity (Wildman–Crippen MR) is 81.0 cm³/mol. The average Bonchev–Trinajstić information content (AvgIpc) is 2.35. The van der Waals surface area contributed by atoms with Crippen LogP contribution < -0.4 is 5.73 Å². The predicted octanol–water partition coefficient (Wildman–Crippen LogP) is 3.15. The van der Waals surface area contributed by atoms with Crippen molar-refractivity contribution in [1.82, 2.24) is 0 Å². The number of rotatable bonds is 4. The zero-order valence-corrected chi connectivity index (χ0v) is 13.6. The van der Waals surface area contributed by atoms with Gasteiger partial charge >= 0.3 is 6.09 Å². The van der Waals surface area contributed by atoms with Gasteiger partial charge in [0.05, 0.1) is 0 Å². The molecular formula is C16H25NO4. The van der Waals surface area contributed by atoms with Crippen LogP contribution in [0.5, 0.6) is 5.75 Å². The fraction of sp³-hybridized carbons (Fsp3) is 0.562. The van der Waals surface area contributed by atoms with Crippen molar-refractivity contribution in [2.24, 2.45) is 11.1 Å². The van der Waals surface area contributed by atoms with E-state index >= 15 is 0 Å². The van der Waals surface area contributed by atoms with Crippen LogP contribution in [0, 0.1) is 5.41 Å². The normalized spacial score (nSPS) is 15.3. The van der Waals surface area contributed by atoms with Crippen LogP contribution in [0.3, 0.4) is 0 Å². The lowest BCUT2D eigenvalue weighted by Crippen LogP contribution is -2.59. The fourth-order valence-electron chi connectivity index (χ4n) is 3.01. The van der Waals surface area contributed by atoms with Crippen molar-refractivity contribution in [1.29, 1.82) is 0 Å². The summed E-state index contributed by atoms with van der Waals surface area (Å²) < 4.78 is 11.2. The van der Waals surface area contributed by atoms with Crippen molar-refractivity contribution in [2.45, 2.75) is 45.8 Å². The van der Waals surface area contributed by atoms with E-state index in [1.807, 2.05) is 34.6 Å². The van der Waals surface area contributed by atoms with Crippen molar-refractivity contribution in [3.63, 3.8) is 0 Å². The summed E-state index contributed by atoms with van der Waals surface area (Å²) in [5.41, 5.74) is 3.58. The van der Waals surface area contributed by atoms with Gasteiger partial charge in [-0.25, -0.2) is 4.79 Å². The molecule has 5 heteroatoms. The van der Waals surface area contributed by atoms with Gasteiger partial charge in [0.15, 0.2) is 5.60 Å². The molecule has 1 aromatic carbocycles. The summed E-state index contributed by atoms with van der Waals surface area (Å²) in [6, 6.07) is 6.52. The van der Waals surface area contributed by atoms with E-state index in [2.05, 4.69) is 0 Å². The first-order valence-corrected chi connectivity index (χ1v) is 6.81. The molecule has 0 radical (unpaired) electrons. The zero-order valence-electron chi connectivity index (χ0n) is 13.6. The fourth-order valence-corrected chi connectivity index (χ4v) is 3.01. The quantitative estimate of drug-likeness (QED) is 0.894. The van der Waals surface area contributed by atoms with Crippen molar-refractivity contribution in [3.8, 4) is 5.75 Å². The molecule has 0 bridgehead atoms. The Balaban J connectivity index is 3.66. The van der Waals surface area contributed by atoms with E-state index in [4.69, 9.17) is 15.2 Å². The number of aromatic hydroxyl groups is 1. The molecule has 0 aliphatic rings. The lowest BCUT2D eigenvalue weighted by Gasteiger charge is -2.52. The summed E-state index contributed by atoms with van der Waals surface area (Å²) in [6.45, 7) is 9.53. The van der Waals surface area contributed by atoms with Crippen molar-refractivity contribution < 1.29 is 19.4 Å². The highest BCUT2D eigenvalue weighted by Crippen LogP contribution is 2.51. The smallest absolute Gasteiger partial charge is 0.405 e. The number of carbonyl (C=O) groups is 1. The molecule has 21 heavy (non-hydrogen) atoms. The number of phenols is 1. The molecule has 1 rings (SSSR count). The number of methoxy groups -OCH3 is 1. The lowest BCUT2D eigenvalue weighted by atomic mass is 9.63. The molecule has 0 fully saturated rings. The highest BCUT2D eigenvalue weighted by molar-refractivity contribution is 5.66. The Morgan fingerprint density at radius 2 is 1.57 bits per heavy atom. The number of primary amides is 1. The third-order valence-electron chi connectivity index (χ3n) is 3.94. The van der Waals surface area contributed by atoms with Gasteiger partial charge in [-0.2, -0.15) is 0 Å². The average molecular weight is 295 g/mol. The molecule has 0 spiro atoms. The molecule has 1 aromatic rings. The second-order valence-corrected chi connectivity index (χ2v) is 6.61. The Kier molecular flexibility index (Phi) is 4.58. The first-order valence-electron chi connectivity index (χ1n) is 6.81. The van der Waals surface area contributed by atoms with Gasteiger partial charge in [-0.15, -0.1) is 0 Å². The molecular weight excluding hydrogens is 270 g/mol. The van der Waals surface area contributed by atoms with Crippen molar-refractivity contribution in [3.05, 3.63) is 29.8 Å². The number of ether oxygens (including phenoxy) is 2. The number of nitrogens with two attached hydrogens (primary N) is 1. The Labute approximate surface area is 126 Å². The van der Waals surface area contributed by atoms with E-state index in [0.29, 0.717) is 5.56 Å². The third kappa shape index (κ3) is 2.97. The molecule has 0 aliphatic heterocycles. The van der Waals surface area contributed by atoms with Crippen LogP contribution in [0.15, 0.2) is 24.3 Å². The Morgan fingerprint density at radius 1 is 1.10 bits per heavy atom. The first kappa shape index (κ1) is 17.3. The van der Waals surface area contributed by atoms with Crippen LogP contribution in [0.25, 0.3) is 0 Å². The molecule has 0 unspecified atom stereocenters. The number of carbonyl (C=O) groups excluding carboxylic acids is 1. The summed E-state index contributed by atoms with van der Waals surface area (Å²) in [5.74, 6) is 0.135. The van der Waals surface area contributed by atoms with E-state index in [9.17, 15) is 9.90 Å². The standard InChI is InChI=1S/C16H25NO4/c1-14(2,3)16(21-13(17)19,15(4,5)20-6)11-7-9-12(18)10-8-11/h7-10,18H,1-6H3,(H2,17,19)/t16-/m0/s1.